The lowest BCUT2D eigenvalue weighted by atomic mass is 9.55. The van der Waals surface area contributed by atoms with Crippen LogP contribution in [0.4, 0.5) is 0 Å². The molecule has 0 radical (unpaired) electrons. The summed E-state index contributed by atoms with van der Waals surface area (Å²) in [5, 5.41) is 20.5. The Morgan fingerprint density at radius 3 is 2.77 bits per heavy atom. The molecule has 4 rings (SSSR count). The van der Waals surface area contributed by atoms with Gasteiger partial charge in [0.25, 0.3) is 0 Å². The van der Waals surface area contributed by atoms with Crippen LogP contribution in [0.25, 0.3) is 0 Å². The number of benzene rings is 1. The summed E-state index contributed by atoms with van der Waals surface area (Å²) in [4.78, 5) is 0. The van der Waals surface area contributed by atoms with E-state index in [1.54, 1.807) is 0 Å². The Morgan fingerprint density at radius 1 is 1.23 bits per heavy atom. The van der Waals surface area contributed by atoms with Crippen molar-refractivity contribution in [2.24, 2.45) is 17.3 Å². The van der Waals surface area contributed by atoms with Crippen molar-refractivity contribution < 1.29 is 10.2 Å². The number of aliphatic hydroxyl groups is 1. The van der Waals surface area contributed by atoms with Crippen molar-refractivity contribution in [1.29, 1.82) is 0 Å². The lowest BCUT2D eigenvalue weighted by molar-refractivity contribution is 0.0643. The number of hydrogen-bond donors (Lipinski definition) is 2. The first-order chi connectivity index (χ1) is 10.3. The molecule has 0 amide bonds. The van der Waals surface area contributed by atoms with E-state index in [-0.39, 0.29) is 5.41 Å². The van der Waals surface area contributed by atoms with Crippen LogP contribution in [0.3, 0.4) is 0 Å². The fourth-order valence-electron chi connectivity index (χ4n) is 5.81. The van der Waals surface area contributed by atoms with Crippen LogP contribution in [0.5, 0.6) is 5.75 Å². The summed E-state index contributed by atoms with van der Waals surface area (Å²) >= 11 is 0. The van der Waals surface area contributed by atoms with Gasteiger partial charge >= 0.3 is 0 Å². The molecule has 0 bridgehead atoms. The molecule has 3 aliphatic carbocycles. The standard InChI is InChI=1S/C20H26O2/c1-12-19(2)9-8-16-15-7-5-14(21)10-13(15)4-6-17(16)18(19)11-20(12,3)22/h5,7,10,16-18,21-22H,1,4,6,8-9,11H2,2-3H3/t16-,17-,18+,19-,20+/m1/s1. The van der Waals surface area contributed by atoms with E-state index in [2.05, 4.69) is 19.6 Å². The Kier molecular flexibility index (Phi) is 2.85. The van der Waals surface area contributed by atoms with Crippen LogP contribution in [0.1, 0.15) is 56.6 Å². The zero-order valence-electron chi connectivity index (χ0n) is 13.6. The number of rotatable bonds is 0. The van der Waals surface area contributed by atoms with E-state index >= 15 is 0 Å². The molecule has 5 atom stereocenters. The van der Waals surface area contributed by atoms with Gasteiger partial charge in [-0.05, 0) is 91.0 Å². The molecule has 2 saturated carbocycles. The lowest BCUT2D eigenvalue weighted by Crippen LogP contribution is -2.40. The Balaban J connectivity index is 1.74. The van der Waals surface area contributed by atoms with Crippen molar-refractivity contribution >= 4 is 0 Å². The number of aryl methyl sites for hydroxylation is 1. The Bertz CT molecular complexity index is 645. The lowest BCUT2D eigenvalue weighted by Gasteiger charge is -2.49. The molecule has 2 N–H and O–H groups in total. The maximum absolute atomic E-state index is 10.7. The first-order valence-corrected chi connectivity index (χ1v) is 8.57. The molecule has 1 aromatic carbocycles. The molecule has 1 aromatic rings. The SMILES string of the molecule is C=C1[C@@](C)(O)C[C@H]2[C@@H]3CCc4cc(O)ccc4[C@H]3CC[C@]12C. The Morgan fingerprint density at radius 2 is 2.00 bits per heavy atom. The summed E-state index contributed by atoms with van der Waals surface area (Å²) in [5.74, 6) is 2.15. The highest BCUT2D eigenvalue weighted by Gasteiger charge is 2.58. The number of hydrogen-bond acceptors (Lipinski definition) is 2. The maximum Gasteiger partial charge on any atom is 0.115 e. The molecule has 0 aliphatic heterocycles. The summed E-state index contributed by atoms with van der Waals surface area (Å²) in [7, 11) is 0. The van der Waals surface area contributed by atoms with Gasteiger partial charge in [0.2, 0.25) is 0 Å². The predicted octanol–water partition coefficient (Wildman–Crippen LogP) is 4.17. The highest BCUT2D eigenvalue weighted by atomic mass is 16.3. The van der Waals surface area contributed by atoms with Gasteiger partial charge in [0.15, 0.2) is 0 Å². The molecule has 22 heavy (non-hydrogen) atoms. The second-order valence-electron chi connectivity index (χ2n) is 8.21. The fraction of sp³-hybridized carbons (Fsp3) is 0.600. The molecule has 0 aromatic heterocycles. The summed E-state index contributed by atoms with van der Waals surface area (Å²) in [6, 6.07) is 5.91. The quantitative estimate of drug-likeness (QED) is 0.706. The molecule has 3 aliphatic rings. The fourth-order valence-corrected chi connectivity index (χ4v) is 5.81. The monoisotopic (exact) mass is 298 g/mol. The Labute approximate surface area is 132 Å². The van der Waals surface area contributed by atoms with E-state index in [4.69, 9.17) is 0 Å². The third kappa shape index (κ3) is 1.76. The van der Waals surface area contributed by atoms with Crippen LogP contribution < -0.4 is 0 Å². The molecule has 2 nitrogen and oxygen atoms in total. The smallest absolute Gasteiger partial charge is 0.115 e. The molecular formula is C20H26O2. The van der Waals surface area contributed by atoms with Gasteiger partial charge in [-0.15, -0.1) is 0 Å². The van der Waals surface area contributed by atoms with Gasteiger partial charge in [-0.3, -0.25) is 0 Å². The average molecular weight is 298 g/mol. The van der Waals surface area contributed by atoms with Crippen LogP contribution in [0, 0.1) is 17.3 Å². The van der Waals surface area contributed by atoms with Gasteiger partial charge < -0.3 is 10.2 Å². The molecule has 2 heteroatoms. The summed E-state index contributed by atoms with van der Waals surface area (Å²) in [6.45, 7) is 8.54. The van der Waals surface area contributed by atoms with Crippen molar-refractivity contribution in [3.63, 3.8) is 0 Å². The van der Waals surface area contributed by atoms with Crippen molar-refractivity contribution in [2.75, 3.05) is 0 Å². The van der Waals surface area contributed by atoms with Crippen LogP contribution in [0.2, 0.25) is 0 Å². The number of aromatic hydroxyl groups is 1. The summed E-state index contributed by atoms with van der Waals surface area (Å²) in [5.41, 5.74) is 3.21. The highest BCUT2D eigenvalue weighted by Crippen LogP contribution is 2.64. The molecule has 0 spiro atoms. The topological polar surface area (TPSA) is 40.5 Å². The van der Waals surface area contributed by atoms with E-state index in [9.17, 15) is 10.2 Å². The number of phenolic OH excluding ortho intramolecular Hbond substituents is 1. The Hall–Kier alpha value is -1.28. The van der Waals surface area contributed by atoms with Gasteiger partial charge in [0.05, 0.1) is 5.60 Å². The normalized spacial score (nSPS) is 43.4. The van der Waals surface area contributed by atoms with E-state index < -0.39 is 5.60 Å². The van der Waals surface area contributed by atoms with Crippen LogP contribution in [0.15, 0.2) is 30.4 Å². The molecule has 0 saturated heterocycles. The van der Waals surface area contributed by atoms with Gasteiger partial charge in [0.1, 0.15) is 5.75 Å². The number of fused-ring (bicyclic) bond motifs is 5. The first kappa shape index (κ1) is 14.3. The minimum absolute atomic E-state index is 0.0963. The van der Waals surface area contributed by atoms with E-state index in [0.29, 0.717) is 23.5 Å². The molecular weight excluding hydrogens is 272 g/mol. The molecule has 118 valence electrons. The van der Waals surface area contributed by atoms with Crippen molar-refractivity contribution in [2.45, 2.75) is 57.5 Å². The van der Waals surface area contributed by atoms with Gasteiger partial charge in [-0.25, -0.2) is 0 Å². The predicted molar refractivity (Wildman–Crippen MR) is 87.9 cm³/mol. The third-order valence-electron chi connectivity index (χ3n) is 7.06. The van der Waals surface area contributed by atoms with Crippen LogP contribution in [-0.2, 0) is 6.42 Å². The van der Waals surface area contributed by atoms with Crippen LogP contribution in [-0.4, -0.2) is 15.8 Å². The van der Waals surface area contributed by atoms with Crippen molar-refractivity contribution in [3.8, 4) is 5.75 Å². The van der Waals surface area contributed by atoms with Gasteiger partial charge in [-0.1, -0.05) is 19.6 Å². The summed E-state index contributed by atoms with van der Waals surface area (Å²) < 4.78 is 0. The van der Waals surface area contributed by atoms with Crippen molar-refractivity contribution in [1.82, 2.24) is 0 Å². The second-order valence-corrected chi connectivity index (χ2v) is 8.21. The summed E-state index contributed by atoms with van der Waals surface area (Å²) in [6.07, 6.45) is 5.37. The maximum atomic E-state index is 10.7. The average Bonchev–Trinajstić information content (AvgIpc) is 2.66. The third-order valence-corrected chi connectivity index (χ3v) is 7.06. The highest BCUT2D eigenvalue weighted by molar-refractivity contribution is 5.41. The van der Waals surface area contributed by atoms with Crippen molar-refractivity contribution in [3.05, 3.63) is 41.5 Å². The molecule has 0 unspecified atom stereocenters. The first-order valence-electron chi connectivity index (χ1n) is 8.57. The minimum atomic E-state index is -0.705. The minimum Gasteiger partial charge on any atom is -0.508 e. The largest absolute Gasteiger partial charge is 0.508 e. The molecule has 2 fully saturated rings. The van der Waals surface area contributed by atoms with E-state index in [1.165, 1.54) is 24.0 Å². The number of phenols is 1. The van der Waals surface area contributed by atoms with Crippen LogP contribution >= 0.6 is 0 Å². The zero-order valence-corrected chi connectivity index (χ0v) is 13.6. The van der Waals surface area contributed by atoms with Gasteiger partial charge in [0, 0.05) is 0 Å². The van der Waals surface area contributed by atoms with E-state index in [0.717, 1.165) is 24.8 Å². The zero-order chi connectivity index (χ0) is 15.7. The van der Waals surface area contributed by atoms with E-state index in [1.807, 2.05) is 19.1 Å². The molecule has 0 heterocycles. The second kappa shape index (κ2) is 4.38. The van der Waals surface area contributed by atoms with Gasteiger partial charge in [-0.2, -0.15) is 0 Å².